The third-order valence-corrected chi connectivity index (χ3v) is 6.89. The molecule has 0 amide bonds. The van der Waals surface area contributed by atoms with Gasteiger partial charge in [0.25, 0.3) is 5.69 Å². The summed E-state index contributed by atoms with van der Waals surface area (Å²) >= 11 is 6.08. The van der Waals surface area contributed by atoms with Crippen LogP contribution in [0.1, 0.15) is 52.0 Å². The summed E-state index contributed by atoms with van der Waals surface area (Å²) in [4.78, 5) is 26.8. The van der Waals surface area contributed by atoms with Crippen LogP contribution in [0.2, 0.25) is 5.02 Å². The summed E-state index contributed by atoms with van der Waals surface area (Å²) in [5.74, 6) is 0.0761. The highest BCUT2D eigenvalue weighted by molar-refractivity contribution is 6.31. The number of nitro groups is 1. The number of hydrogen-bond donors (Lipinski definition) is 1. The van der Waals surface area contributed by atoms with Crippen LogP contribution in [0.25, 0.3) is 0 Å². The standard InChI is InChI=1S/C28H29ClN4O5/c1-5-37-17-8-10-24(38-6-2)18(12-17)25-19(15-30)27(31)32(20-9-7-16(29)11-21(20)33(35)36)22-13-28(3,4)14-23(34)26(22)25/h7-12,25H,5-6,13-14,31H2,1-4H3. The maximum atomic E-state index is 13.8. The minimum Gasteiger partial charge on any atom is -0.494 e. The van der Waals surface area contributed by atoms with Crippen LogP contribution in [0.3, 0.4) is 0 Å². The maximum Gasteiger partial charge on any atom is 0.294 e. The number of rotatable bonds is 7. The largest absolute Gasteiger partial charge is 0.494 e. The van der Waals surface area contributed by atoms with Crippen molar-refractivity contribution in [3.63, 3.8) is 0 Å². The summed E-state index contributed by atoms with van der Waals surface area (Å²) < 4.78 is 11.6. The first-order valence-electron chi connectivity index (χ1n) is 12.3. The third-order valence-electron chi connectivity index (χ3n) is 6.66. The highest BCUT2D eigenvalue weighted by Gasteiger charge is 2.46. The Labute approximate surface area is 226 Å². The zero-order chi connectivity index (χ0) is 27.8. The van der Waals surface area contributed by atoms with Crippen LogP contribution in [0, 0.1) is 26.9 Å². The van der Waals surface area contributed by atoms with Gasteiger partial charge in [0.2, 0.25) is 0 Å². The van der Waals surface area contributed by atoms with Gasteiger partial charge in [-0.15, -0.1) is 0 Å². The predicted octanol–water partition coefficient (Wildman–Crippen LogP) is 5.99. The molecule has 9 nitrogen and oxygen atoms in total. The number of Topliss-reactive ketones (excluding diaryl/α,β-unsaturated/α-hetero) is 1. The van der Waals surface area contributed by atoms with E-state index in [4.69, 9.17) is 26.8 Å². The second-order valence-corrected chi connectivity index (χ2v) is 10.4. The normalized spacial score (nSPS) is 18.7. The van der Waals surface area contributed by atoms with Gasteiger partial charge in [0, 0.05) is 34.3 Å². The molecule has 2 N–H and O–H groups in total. The number of carbonyl (C=O) groups excluding carboxylic acids is 1. The summed E-state index contributed by atoms with van der Waals surface area (Å²) in [5, 5.41) is 22.6. The lowest BCUT2D eigenvalue weighted by Crippen LogP contribution is -2.42. The van der Waals surface area contributed by atoms with Crippen LogP contribution in [0.15, 0.2) is 59.1 Å². The van der Waals surface area contributed by atoms with E-state index in [1.54, 1.807) is 18.2 Å². The van der Waals surface area contributed by atoms with Crippen molar-refractivity contribution >= 4 is 28.8 Å². The van der Waals surface area contributed by atoms with Crippen molar-refractivity contribution in [2.45, 2.75) is 46.5 Å². The molecule has 2 aromatic rings. The van der Waals surface area contributed by atoms with E-state index in [0.29, 0.717) is 48.0 Å². The van der Waals surface area contributed by atoms with Gasteiger partial charge in [-0.3, -0.25) is 19.8 Å². The Bertz CT molecular complexity index is 1420. The fourth-order valence-corrected chi connectivity index (χ4v) is 5.39. The number of nitriles is 1. The predicted molar refractivity (Wildman–Crippen MR) is 144 cm³/mol. The first-order valence-corrected chi connectivity index (χ1v) is 12.7. The van der Waals surface area contributed by atoms with Crippen molar-refractivity contribution < 1.29 is 19.2 Å². The second kappa shape index (κ2) is 10.4. The molecule has 0 aromatic heterocycles. The van der Waals surface area contributed by atoms with Crippen molar-refractivity contribution in [3.05, 3.63) is 79.8 Å². The Hall–Kier alpha value is -4.03. The van der Waals surface area contributed by atoms with Gasteiger partial charge in [0.1, 0.15) is 23.0 Å². The van der Waals surface area contributed by atoms with Crippen LogP contribution < -0.4 is 20.1 Å². The van der Waals surface area contributed by atoms with E-state index in [1.807, 2.05) is 27.7 Å². The molecule has 4 rings (SSSR count). The molecule has 0 saturated carbocycles. The van der Waals surface area contributed by atoms with E-state index in [0.717, 1.165) is 0 Å². The van der Waals surface area contributed by atoms with E-state index in [9.17, 15) is 20.2 Å². The molecule has 10 heteroatoms. The molecule has 0 spiro atoms. The first-order chi connectivity index (χ1) is 18.0. The van der Waals surface area contributed by atoms with Gasteiger partial charge in [-0.1, -0.05) is 25.4 Å². The minimum absolute atomic E-state index is 0.0106. The topological polar surface area (TPSA) is 132 Å². The SMILES string of the molecule is CCOc1ccc(OCC)c(C2C(C#N)=C(N)N(c3ccc(Cl)cc3[N+](=O)[O-])C3=C2C(=O)CC(C)(C)C3)c1. The zero-order valence-electron chi connectivity index (χ0n) is 21.7. The lowest BCUT2D eigenvalue weighted by Gasteiger charge is -2.43. The Balaban J connectivity index is 2.07. The summed E-state index contributed by atoms with van der Waals surface area (Å²) in [6, 6.07) is 11.7. The van der Waals surface area contributed by atoms with Gasteiger partial charge in [-0.2, -0.15) is 5.26 Å². The van der Waals surface area contributed by atoms with Gasteiger partial charge in [-0.05, 0) is 56.0 Å². The van der Waals surface area contributed by atoms with E-state index in [-0.39, 0.29) is 40.0 Å². The number of allylic oxidation sites excluding steroid dienone is 3. The molecule has 2 aromatic carbocycles. The van der Waals surface area contributed by atoms with E-state index >= 15 is 0 Å². The number of hydrogen-bond acceptors (Lipinski definition) is 8. The van der Waals surface area contributed by atoms with Gasteiger partial charge in [0.05, 0.1) is 35.7 Å². The van der Waals surface area contributed by atoms with Gasteiger partial charge >= 0.3 is 0 Å². The molecule has 1 atom stereocenters. The number of nitrogens with zero attached hydrogens (tertiary/aromatic N) is 3. The average molecular weight is 537 g/mol. The number of ketones is 1. The lowest BCUT2D eigenvalue weighted by molar-refractivity contribution is -0.384. The quantitative estimate of drug-likeness (QED) is 0.337. The summed E-state index contributed by atoms with van der Waals surface area (Å²) in [6.07, 6.45) is 0.644. The average Bonchev–Trinajstić information content (AvgIpc) is 2.84. The van der Waals surface area contributed by atoms with Gasteiger partial charge in [-0.25, -0.2) is 0 Å². The highest BCUT2D eigenvalue weighted by atomic mass is 35.5. The number of ether oxygens (including phenoxy) is 2. The summed E-state index contributed by atoms with van der Waals surface area (Å²) in [7, 11) is 0. The fourth-order valence-electron chi connectivity index (χ4n) is 5.22. The molecule has 38 heavy (non-hydrogen) atoms. The molecule has 0 saturated heterocycles. The molecule has 2 aliphatic rings. The molecule has 1 aliphatic heterocycles. The van der Waals surface area contributed by atoms with E-state index in [1.165, 1.54) is 23.1 Å². The van der Waals surface area contributed by atoms with Crippen molar-refractivity contribution in [2.75, 3.05) is 18.1 Å². The summed E-state index contributed by atoms with van der Waals surface area (Å²) in [5.41, 5.74) is 7.63. The van der Waals surface area contributed by atoms with Crippen molar-refractivity contribution in [1.82, 2.24) is 0 Å². The zero-order valence-corrected chi connectivity index (χ0v) is 22.5. The Morgan fingerprint density at radius 2 is 1.89 bits per heavy atom. The molecule has 1 heterocycles. The van der Waals surface area contributed by atoms with Crippen LogP contribution >= 0.6 is 11.6 Å². The molecule has 0 radical (unpaired) electrons. The van der Waals surface area contributed by atoms with Crippen LogP contribution in [0.5, 0.6) is 11.5 Å². The molecule has 1 aliphatic carbocycles. The number of carbonyl (C=O) groups is 1. The van der Waals surface area contributed by atoms with Crippen LogP contribution in [-0.2, 0) is 4.79 Å². The molecule has 0 fully saturated rings. The molecular weight excluding hydrogens is 508 g/mol. The number of benzene rings is 2. The monoisotopic (exact) mass is 536 g/mol. The molecule has 198 valence electrons. The minimum atomic E-state index is -0.830. The smallest absolute Gasteiger partial charge is 0.294 e. The van der Waals surface area contributed by atoms with Gasteiger partial charge in [0.15, 0.2) is 5.78 Å². The number of halogens is 1. The molecule has 1 unspecified atom stereocenters. The lowest BCUT2D eigenvalue weighted by atomic mass is 9.68. The molecule has 0 bridgehead atoms. The first kappa shape index (κ1) is 27.0. The number of anilines is 1. The maximum absolute atomic E-state index is 13.8. The van der Waals surface area contributed by atoms with Gasteiger partial charge < -0.3 is 15.2 Å². The van der Waals surface area contributed by atoms with Crippen molar-refractivity contribution in [1.29, 1.82) is 5.26 Å². The Morgan fingerprint density at radius 3 is 2.53 bits per heavy atom. The summed E-state index contributed by atoms with van der Waals surface area (Å²) in [6.45, 7) is 8.41. The Morgan fingerprint density at radius 1 is 1.18 bits per heavy atom. The highest BCUT2D eigenvalue weighted by Crippen LogP contribution is 2.53. The van der Waals surface area contributed by atoms with E-state index in [2.05, 4.69) is 6.07 Å². The van der Waals surface area contributed by atoms with Crippen LogP contribution in [-0.4, -0.2) is 23.9 Å². The number of nitro benzene ring substituents is 1. The van der Waals surface area contributed by atoms with E-state index < -0.39 is 16.3 Å². The molecular formula is C28H29ClN4O5. The third kappa shape index (κ3) is 4.79. The fraction of sp³-hybridized carbons (Fsp3) is 0.357. The van der Waals surface area contributed by atoms with Crippen molar-refractivity contribution in [2.24, 2.45) is 11.1 Å². The Kier molecular flexibility index (Phi) is 7.38. The van der Waals surface area contributed by atoms with Crippen LogP contribution in [0.4, 0.5) is 11.4 Å². The van der Waals surface area contributed by atoms with Crippen molar-refractivity contribution in [3.8, 4) is 17.6 Å². The number of nitrogens with two attached hydrogens (primary N) is 1. The second-order valence-electron chi connectivity index (χ2n) is 9.94.